The third-order valence-electron chi connectivity index (χ3n) is 4.76. The van der Waals surface area contributed by atoms with E-state index in [-0.39, 0.29) is 11.8 Å². The second kappa shape index (κ2) is 7.70. The Labute approximate surface area is 148 Å². The molecule has 0 spiro atoms. The number of ether oxygens (including phenoxy) is 1. The molecular weight excluding hydrogens is 316 g/mol. The first-order valence-electron chi connectivity index (χ1n) is 8.81. The maximum atomic E-state index is 12.5. The number of carbonyl (C=O) groups is 1. The van der Waals surface area contributed by atoms with Gasteiger partial charge in [-0.3, -0.25) is 9.89 Å². The van der Waals surface area contributed by atoms with Crippen molar-refractivity contribution in [3.8, 4) is 0 Å². The third-order valence-corrected chi connectivity index (χ3v) is 4.76. The van der Waals surface area contributed by atoms with Gasteiger partial charge < -0.3 is 15.4 Å². The topological polar surface area (TPSA) is 79.0 Å². The van der Waals surface area contributed by atoms with Crippen LogP contribution < -0.4 is 10.6 Å². The molecular formula is C19H26N4O2. The molecule has 1 aliphatic heterocycles. The molecule has 1 fully saturated rings. The van der Waals surface area contributed by atoms with Gasteiger partial charge in [-0.1, -0.05) is 0 Å². The van der Waals surface area contributed by atoms with E-state index in [2.05, 4.69) is 20.8 Å². The predicted molar refractivity (Wildman–Crippen MR) is 99.0 cm³/mol. The number of H-pyrrole nitrogens is 1. The van der Waals surface area contributed by atoms with Crippen LogP contribution in [0.4, 0.5) is 11.4 Å². The minimum absolute atomic E-state index is 0.0299. The second-order valence-electron chi connectivity index (χ2n) is 6.67. The molecule has 0 aliphatic carbocycles. The number of aromatic amines is 1. The van der Waals surface area contributed by atoms with Crippen molar-refractivity contribution in [2.45, 2.75) is 45.6 Å². The van der Waals surface area contributed by atoms with Crippen molar-refractivity contribution in [3.63, 3.8) is 0 Å². The van der Waals surface area contributed by atoms with E-state index < -0.39 is 0 Å². The van der Waals surface area contributed by atoms with Crippen molar-refractivity contribution in [2.24, 2.45) is 0 Å². The lowest BCUT2D eigenvalue weighted by molar-refractivity contribution is -0.117. The molecule has 1 saturated heterocycles. The number of aromatic nitrogens is 2. The van der Waals surface area contributed by atoms with Gasteiger partial charge in [0.15, 0.2) is 0 Å². The van der Waals surface area contributed by atoms with Gasteiger partial charge in [-0.2, -0.15) is 5.10 Å². The highest BCUT2D eigenvalue weighted by Crippen LogP contribution is 2.24. The van der Waals surface area contributed by atoms with Gasteiger partial charge in [0, 0.05) is 41.9 Å². The largest absolute Gasteiger partial charge is 0.382 e. The summed E-state index contributed by atoms with van der Waals surface area (Å²) in [6, 6.07) is 8.33. The molecule has 25 heavy (non-hydrogen) atoms. The fourth-order valence-electron chi connectivity index (χ4n) is 3.31. The smallest absolute Gasteiger partial charge is 0.231 e. The van der Waals surface area contributed by atoms with Gasteiger partial charge in [-0.15, -0.1) is 0 Å². The molecule has 0 radical (unpaired) electrons. The summed E-state index contributed by atoms with van der Waals surface area (Å²) in [5.74, 6) is -0.281. The van der Waals surface area contributed by atoms with E-state index >= 15 is 0 Å². The minimum atomic E-state index is -0.251. The zero-order chi connectivity index (χ0) is 17.8. The van der Waals surface area contributed by atoms with E-state index in [1.807, 2.05) is 45.0 Å². The highest BCUT2D eigenvalue weighted by Gasteiger charge is 2.21. The van der Waals surface area contributed by atoms with E-state index in [1.54, 1.807) is 0 Å². The van der Waals surface area contributed by atoms with Crippen molar-refractivity contribution >= 4 is 17.3 Å². The molecule has 3 N–H and O–H groups in total. The number of hydrogen-bond donors (Lipinski definition) is 3. The zero-order valence-electron chi connectivity index (χ0n) is 15.1. The van der Waals surface area contributed by atoms with Crippen LogP contribution in [0.5, 0.6) is 0 Å². The average Bonchev–Trinajstić information content (AvgIpc) is 2.95. The molecule has 1 aromatic carbocycles. The Hall–Kier alpha value is -2.34. The summed E-state index contributed by atoms with van der Waals surface area (Å²) in [7, 11) is 0. The molecule has 3 rings (SSSR count). The first kappa shape index (κ1) is 17.5. The van der Waals surface area contributed by atoms with Crippen molar-refractivity contribution in [3.05, 3.63) is 41.2 Å². The summed E-state index contributed by atoms with van der Waals surface area (Å²) in [5, 5.41) is 13.6. The van der Waals surface area contributed by atoms with Crippen LogP contribution in [0.25, 0.3) is 0 Å². The maximum absolute atomic E-state index is 12.5. The lowest BCUT2D eigenvalue weighted by atomic mass is 9.98. The summed E-state index contributed by atoms with van der Waals surface area (Å²) in [6.45, 7) is 7.39. The van der Waals surface area contributed by atoms with Gasteiger partial charge in [-0.05, 0) is 57.9 Å². The number of rotatable bonds is 5. The normalized spacial score (nSPS) is 16.4. The van der Waals surface area contributed by atoms with E-state index in [4.69, 9.17) is 4.74 Å². The number of benzene rings is 1. The van der Waals surface area contributed by atoms with Crippen molar-refractivity contribution < 1.29 is 9.53 Å². The Morgan fingerprint density at radius 2 is 1.84 bits per heavy atom. The van der Waals surface area contributed by atoms with Crippen molar-refractivity contribution in [1.29, 1.82) is 0 Å². The Morgan fingerprint density at radius 3 is 2.44 bits per heavy atom. The number of amides is 1. The highest BCUT2D eigenvalue weighted by molar-refractivity contribution is 5.96. The van der Waals surface area contributed by atoms with E-state index in [0.717, 1.165) is 54.4 Å². The molecule has 1 aromatic heterocycles. The molecule has 134 valence electrons. The van der Waals surface area contributed by atoms with Gasteiger partial charge in [0.2, 0.25) is 5.91 Å². The van der Waals surface area contributed by atoms with Crippen LogP contribution in [-0.4, -0.2) is 35.4 Å². The van der Waals surface area contributed by atoms with Crippen LogP contribution in [0.3, 0.4) is 0 Å². The molecule has 2 aromatic rings. The van der Waals surface area contributed by atoms with Crippen LogP contribution in [-0.2, 0) is 9.53 Å². The zero-order valence-corrected chi connectivity index (χ0v) is 15.1. The fraction of sp³-hybridized carbons (Fsp3) is 0.474. The average molecular weight is 342 g/mol. The first-order valence-corrected chi connectivity index (χ1v) is 8.81. The number of anilines is 2. The number of nitrogens with one attached hydrogen (secondary N) is 3. The molecule has 6 nitrogen and oxygen atoms in total. The molecule has 6 heteroatoms. The van der Waals surface area contributed by atoms with Gasteiger partial charge in [0.05, 0.1) is 11.6 Å². The molecule has 0 bridgehead atoms. The van der Waals surface area contributed by atoms with E-state index in [0.29, 0.717) is 6.04 Å². The highest BCUT2D eigenvalue weighted by atomic mass is 16.5. The van der Waals surface area contributed by atoms with Crippen molar-refractivity contribution in [2.75, 3.05) is 23.8 Å². The van der Waals surface area contributed by atoms with Crippen LogP contribution in [0, 0.1) is 13.8 Å². The lowest BCUT2D eigenvalue weighted by Gasteiger charge is -2.24. The standard InChI is InChI=1S/C19H26N4O2/c1-12(18-13(2)22-23-14(18)3)19(24)21-16-6-4-15(5-7-16)20-17-8-10-25-11-9-17/h4-7,12,17,20H,8-11H2,1-3H3,(H,21,24)(H,22,23)/t12-/m0/s1. The summed E-state index contributed by atoms with van der Waals surface area (Å²) >= 11 is 0. The fourth-order valence-corrected chi connectivity index (χ4v) is 3.31. The summed E-state index contributed by atoms with van der Waals surface area (Å²) in [6.07, 6.45) is 2.05. The van der Waals surface area contributed by atoms with Crippen LogP contribution in [0.15, 0.2) is 24.3 Å². The summed E-state index contributed by atoms with van der Waals surface area (Å²) in [4.78, 5) is 12.5. The van der Waals surface area contributed by atoms with Crippen LogP contribution in [0.1, 0.15) is 42.6 Å². The maximum Gasteiger partial charge on any atom is 0.231 e. The van der Waals surface area contributed by atoms with E-state index in [1.165, 1.54) is 0 Å². The van der Waals surface area contributed by atoms with Crippen molar-refractivity contribution in [1.82, 2.24) is 10.2 Å². The monoisotopic (exact) mass is 342 g/mol. The Bertz CT molecular complexity index is 698. The lowest BCUT2D eigenvalue weighted by Crippen LogP contribution is -2.27. The number of carbonyl (C=O) groups excluding carboxylic acids is 1. The Morgan fingerprint density at radius 1 is 1.20 bits per heavy atom. The number of hydrogen-bond acceptors (Lipinski definition) is 4. The second-order valence-corrected chi connectivity index (χ2v) is 6.67. The van der Waals surface area contributed by atoms with Gasteiger partial charge >= 0.3 is 0 Å². The van der Waals surface area contributed by atoms with E-state index in [9.17, 15) is 4.79 Å². The van der Waals surface area contributed by atoms with Gasteiger partial charge in [-0.25, -0.2) is 0 Å². The quantitative estimate of drug-likeness (QED) is 0.778. The third kappa shape index (κ3) is 4.20. The van der Waals surface area contributed by atoms with Gasteiger partial charge in [0.1, 0.15) is 0 Å². The number of nitrogens with zero attached hydrogens (tertiary/aromatic N) is 1. The molecule has 2 heterocycles. The number of aryl methyl sites for hydroxylation is 2. The molecule has 1 amide bonds. The SMILES string of the molecule is Cc1n[nH]c(C)c1[C@H](C)C(=O)Nc1ccc(NC2CCOCC2)cc1. The molecule has 1 aliphatic rings. The summed E-state index contributed by atoms with van der Waals surface area (Å²) in [5.41, 5.74) is 4.65. The minimum Gasteiger partial charge on any atom is -0.382 e. The Balaban J connectivity index is 1.60. The molecule has 0 unspecified atom stereocenters. The van der Waals surface area contributed by atoms with Gasteiger partial charge in [0.25, 0.3) is 0 Å². The summed E-state index contributed by atoms with van der Waals surface area (Å²) < 4.78 is 5.38. The Kier molecular flexibility index (Phi) is 5.38. The molecule has 0 saturated carbocycles. The molecule has 1 atom stereocenters. The first-order chi connectivity index (χ1) is 12.0. The van der Waals surface area contributed by atoms with Crippen LogP contribution >= 0.6 is 0 Å². The van der Waals surface area contributed by atoms with Crippen LogP contribution in [0.2, 0.25) is 0 Å². The predicted octanol–water partition coefficient (Wildman–Crippen LogP) is 3.36.